The van der Waals surface area contributed by atoms with Crippen LogP contribution in [0, 0.1) is 0 Å². The van der Waals surface area contributed by atoms with Gasteiger partial charge in [0.1, 0.15) is 5.65 Å². The average Bonchev–Trinajstić information content (AvgIpc) is 2.74. The smallest absolute Gasteiger partial charge is 0.329 e. The Bertz CT molecular complexity index is 1330. The molecule has 146 valence electrons. The molecule has 3 heterocycles. The largest absolute Gasteiger partial charge is 0.348 e. The molecule has 0 unspecified atom stereocenters. The number of nitrogens with zero attached hydrogens (tertiary/aromatic N) is 3. The van der Waals surface area contributed by atoms with Crippen LogP contribution in [0.3, 0.4) is 0 Å². The second-order valence-corrected chi connectivity index (χ2v) is 6.68. The zero-order valence-electron chi connectivity index (χ0n) is 15.8. The highest BCUT2D eigenvalue weighted by Crippen LogP contribution is 2.16. The van der Waals surface area contributed by atoms with E-state index < -0.39 is 11.2 Å². The lowest BCUT2D eigenvalue weighted by Crippen LogP contribution is -2.31. The molecule has 0 aliphatic carbocycles. The molecule has 0 aliphatic heterocycles. The van der Waals surface area contributed by atoms with E-state index in [0.29, 0.717) is 13.0 Å². The number of amides is 1. The van der Waals surface area contributed by atoms with Crippen LogP contribution in [0.15, 0.2) is 58.4 Å². The van der Waals surface area contributed by atoms with Crippen LogP contribution in [-0.2, 0) is 13.1 Å². The molecule has 0 fully saturated rings. The van der Waals surface area contributed by atoms with Crippen LogP contribution in [0.25, 0.3) is 21.9 Å². The minimum absolute atomic E-state index is 0.206. The predicted molar refractivity (Wildman–Crippen MR) is 110 cm³/mol. The summed E-state index contributed by atoms with van der Waals surface area (Å²) in [4.78, 5) is 47.7. The summed E-state index contributed by atoms with van der Waals surface area (Å²) in [6, 6.07) is 11.1. The molecule has 2 N–H and O–H groups in total. The van der Waals surface area contributed by atoms with E-state index in [1.54, 1.807) is 6.20 Å². The van der Waals surface area contributed by atoms with Gasteiger partial charge in [-0.25, -0.2) is 9.78 Å². The number of rotatable bonds is 5. The Morgan fingerprint density at radius 2 is 2.00 bits per heavy atom. The normalized spacial score (nSPS) is 11.1. The Kier molecular flexibility index (Phi) is 4.90. The van der Waals surface area contributed by atoms with E-state index in [-0.39, 0.29) is 29.0 Å². The monoisotopic (exact) mass is 389 g/mol. The molecule has 3 aromatic heterocycles. The Balaban J connectivity index is 1.63. The van der Waals surface area contributed by atoms with Gasteiger partial charge in [-0.15, -0.1) is 0 Å². The highest BCUT2D eigenvalue weighted by atomic mass is 16.2. The molecule has 0 saturated carbocycles. The number of carbonyl (C=O) groups excluding carboxylic acids is 1. The molecule has 4 rings (SSSR count). The van der Waals surface area contributed by atoms with Crippen molar-refractivity contribution in [2.24, 2.45) is 0 Å². The molecule has 29 heavy (non-hydrogen) atoms. The SMILES string of the molecule is CCCn1c(=O)[nH]c(=O)c2cc(C(=O)NCc3cccc4cccnc34)cnc21. The van der Waals surface area contributed by atoms with Crippen molar-refractivity contribution >= 4 is 27.8 Å². The standard InChI is InChI=1S/C21H19N5O3/c1-2-9-26-18-16(20(28)25-21(26)29)10-15(12-23-18)19(27)24-11-14-6-3-5-13-7-4-8-22-17(13)14/h3-8,10,12H,2,9,11H2,1H3,(H,24,27)(H,25,28,29). The number of H-pyrrole nitrogens is 1. The van der Waals surface area contributed by atoms with Gasteiger partial charge in [-0.1, -0.05) is 31.2 Å². The van der Waals surface area contributed by atoms with Crippen molar-refractivity contribution in [3.8, 4) is 0 Å². The van der Waals surface area contributed by atoms with Crippen LogP contribution >= 0.6 is 0 Å². The summed E-state index contributed by atoms with van der Waals surface area (Å²) in [7, 11) is 0. The Hall–Kier alpha value is -3.81. The van der Waals surface area contributed by atoms with Gasteiger partial charge in [0.2, 0.25) is 0 Å². The van der Waals surface area contributed by atoms with Crippen LogP contribution in [-0.4, -0.2) is 25.4 Å². The maximum atomic E-state index is 12.6. The van der Waals surface area contributed by atoms with Crippen LogP contribution in [0.4, 0.5) is 0 Å². The number of benzene rings is 1. The number of aromatic amines is 1. The average molecular weight is 389 g/mol. The second-order valence-electron chi connectivity index (χ2n) is 6.68. The van der Waals surface area contributed by atoms with Crippen molar-refractivity contribution in [1.82, 2.24) is 24.8 Å². The van der Waals surface area contributed by atoms with Crippen LogP contribution < -0.4 is 16.6 Å². The third-order valence-corrected chi connectivity index (χ3v) is 4.70. The first-order valence-corrected chi connectivity index (χ1v) is 9.32. The Morgan fingerprint density at radius 1 is 1.17 bits per heavy atom. The summed E-state index contributed by atoms with van der Waals surface area (Å²) in [5.41, 5.74) is 1.18. The fourth-order valence-electron chi connectivity index (χ4n) is 3.31. The lowest BCUT2D eigenvalue weighted by Gasteiger charge is -2.10. The fourth-order valence-corrected chi connectivity index (χ4v) is 3.31. The number of carbonyl (C=O) groups is 1. The van der Waals surface area contributed by atoms with Gasteiger partial charge >= 0.3 is 5.69 Å². The van der Waals surface area contributed by atoms with Crippen molar-refractivity contribution in [2.45, 2.75) is 26.4 Å². The van der Waals surface area contributed by atoms with Crippen molar-refractivity contribution in [3.63, 3.8) is 0 Å². The van der Waals surface area contributed by atoms with E-state index in [0.717, 1.165) is 16.5 Å². The molecule has 8 nitrogen and oxygen atoms in total. The number of aromatic nitrogens is 4. The van der Waals surface area contributed by atoms with Gasteiger partial charge in [-0.3, -0.25) is 24.1 Å². The minimum Gasteiger partial charge on any atom is -0.348 e. The quantitative estimate of drug-likeness (QED) is 0.542. The number of fused-ring (bicyclic) bond motifs is 2. The van der Waals surface area contributed by atoms with Gasteiger partial charge in [0.25, 0.3) is 11.5 Å². The van der Waals surface area contributed by atoms with E-state index in [2.05, 4.69) is 20.3 Å². The molecule has 1 aromatic carbocycles. The van der Waals surface area contributed by atoms with E-state index in [4.69, 9.17) is 0 Å². The van der Waals surface area contributed by atoms with E-state index in [9.17, 15) is 14.4 Å². The Labute approximate surface area is 165 Å². The maximum absolute atomic E-state index is 12.6. The van der Waals surface area contributed by atoms with Gasteiger partial charge in [0, 0.05) is 30.9 Å². The molecule has 0 bridgehead atoms. The highest BCUT2D eigenvalue weighted by Gasteiger charge is 2.13. The van der Waals surface area contributed by atoms with E-state index in [1.165, 1.54) is 16.8 Å². The van der Waals surface area contributed by atoms with Crippen molar-refractivity contribution in [3.05, 3.63) is 80.8 Å². The van der Waals surface area contributed by atoms with Gasteiger partial charge in [0.15, 0.2) is 0 Å². The molecule has 0 atom stereocenters. The summed E-state index contributed by atoms with van der Waals surface area (Å²) >= 11 is 0. The first-order chi connectivity index (χ1) is 14.1. The van der Waals surface area contributed by atoms with Gasteiger partial charge < -0.3 is 5.32 Å². The maximum Gasteiger partial charge on any atom is 0.329 e. The number of hydrogen-bond donors (Lipinski definition) is 2. The molecular weight excluding hydrogens is 370 g/mol. The van der Waals surface area contributed by atoms with E-state index >= 15 is 0 Å². The summed E-state index contributed by atoms with van der Waals surface area (Å²) in [5, 5.41) is 4.04. The summed E-state index contributed by atoms with van der Waals surface area (Å²) in [6.07, 6.45) is 3.80. The van der Waals surface area contributed by atoms with Gasteiger partial charge in [-0.2, -0.15) is 0 Å². The lowest BCUT2D eigenvalue weighted by atomic mass is 10.1. The molecule has 8 heteroatoms. The first kappa shape index (κ1) is 18.5. The molecule has 0 saturated heterocycles. The van der Waals surface area contributed by atoms with Gasteiger partial charge in [0.05, 0.1) is 16.5 Å². The van der Waals surface area contributed by atoms with E-state index in [1.807, 2.05) is 37.3 Å². The summed E-state index contributed by atoms with van der Waals surface area (Å²) < 4.78 is 1.40. The lowest BCUT2D eigenvalue weighted by molar-refractivity contribution is 0.0951. The van der Waals surface area contributed by atoms with Crippen LogP contribution in [0.5, 0.6) is 0 Å². The second kappa shape index (κ2) is 7.67. The highest BCUT2D eigenvalue weighted by molar-refractivity contribution is 5.96. The first-order valence-electron chi connectivity index (χ1n) is 9.32. The summed E-state index contributed by atoms with van der Waals surface area (Å²) in [5.74, 6) is -0.361. The number of nitrogens with one attached hydrogen (secondary N) is 2. The third kappa shape index (κ3) is 3.52. The van der Waals surface area contributed by atoms with Crippen LogP contribution in [0.1, 0.15) is 29.3 Å². The molecule has 4 aromatic rings. The minimum atomic E-state index is -0.558. The zero-order valence-corrected chi connectivity index (χ0v) is 15.8. The number of hydrogen-bond acceptors (Lipinski definition) is 5. The molecule has 1 amide bonds. The predicted octanol–water partition coefficient (Wildman–Crippen LogP) is 1.97. The number of aryl methyl sites for hydroxylation is 1. The number of para-hydroxylation sites is 1. The third-order valence-electron chi connectivity index (χ3n) is 4.70. The summed E-state index contributed by atoms with van der Waals surface area (Å²) in [6.45, 7) is 2.64. The molecule has 0 spiro atoms. The van der Waals surface area contributed by atoms with Crippen LogP contribution in [0.2, 0.25) is 0 Å². The van der Waals surface area contributed by atoms with Crippen molar-refractivity contribution < 1.29 is 4.79 Å². The molecular formula is C21H19N5O3. The van der Waals surface area contributed by atoms with Gasteiger partial charge in [-0.05, 0) is 24.1 Å². The fraction of sp³-hybridized carbons (Fsp3) is 0.190. The number of pyridine rings is 2. The Morgan fingerprint density at radius 3 is 2.83 bits per heavy atom. The molecule has 0 radical (unpaired) electrons. The molecule has 0 aliphatic rings. The zero-order chi connectivity index (χ0) is 20.4. The van der Waals surface area contributed by atoms with Crippen molar-refractivity contribution in [2.75, 3.05) is 0 Å². The topological polar surface area (TPSA) is 110 Å². The van der Waals surface area contributed by atoms with Crippen molar-refractivity contribution in [1.29, 1.82) is 0 Å².